The quantitative estimate of drug-likeness (QED) is 0.430. The maximum Gasteiger partial charge on any atom is 0.293 e. The predicted molar refractivity (Wildman–Crippen MR) is 119 cm³/mol. The summed E-state index contributed by atoms with van der Waals surface area (Å²) in [5.41, 5.74) is 0.749. The maximum atomic E-state index is 12.8. The lowest BCUT2D eigenvalue weighted by molar-refractivity contribution is -0.384. The van der Waals surface area contributed by atoms with Crippen LogP contribution in [0.15, 0.2) is 47.4 Å². The monoisotopic (exact) mass is 462 g/mol. The number of likely N-dealkylation sites (tertiary alicyclic amines) is 1. The van der Waals surface area contributed by atoms with Gasteiger partial charge in [0.05, 0.1) is 22.5 Å². The van der Waals surface area contributed by atoms with Crippen molar-refractivity contribution < 1.29 is 22.9 Å². The number of carbonyl (C=O) groups is 1. The molecule has 1 amide bonds. The third-order valence-corrected chi connectivity index (χ3v) is 6.21. The van der Waals surface area contributed by atoms with Gasteiger partial charge in [0.25, 0.3) is 5.69 Å². The molecule has 0 aromatic heterocycles. The van der Waals surface area contributed by atoms with Crippen LogP contribution in [0.1, 0.15) is 37.8 Å². The summed E-state index contributed by atoms with van der Waals surface area (Å²) >= 11 is 0. The Balaban J connectivity index is 1.63. The first-order valence-corrected chi connectivity index (χ1v) is 11.8. The molecule has 172 valence electrons. The van der Waals surface area contributed by atoms with Crippen molar-refractivity contribution in [2.45, 2.75) is 37.1 Å². The Bertz CT molecular complexity index is 1090. The number of nitro benzene ring substituents is 1. The molecule has 1 fully saturated rings. The van der Waals surface area contributed by atoms with Crippen molar-refractivity contribution in [1.29, 1.82) is 0 Å². The molecule has 0 saturated carbocycles. The normalized spacial score (nSPS) is 16.1. The highest BCUT2D eigenvalue weighted by Gasteiger charge is 2.29. The van der Waals surface area contributed by atoms with E-state index in [-0.39, 0.29) is 35.5 Å². The number of carbonyl (C=O) groups excluding carboxylic acids is 1. The highest BCUT2D eigenvalue weighted by atomic mass is 32.2. The summed E-state index contributed by atoms with van der Waals surface area (Å²) in [5.74, 6) is 0.726. The van der Waals surface area contributed by atoms with E-state index in [1.807, 2.05) is 36.1 Å². The van der Waals surface area contributed by atoms with E-state index in [0.717, 1.165) is 30.2 Å². The zero-order valence-electron chi connectivity index (χ0n) is 17.7. The van der Waals surface area contributed by atoms with Crippen LogP contribution in [0.2, 0.25) is 0 Å². The molecule has 0 spiro atoms. The van der Waals surface area contributed by atoms with Crippen LogP contribution in [0.25, 0.3) is 0 Å². The first-order chi connectivity index (χ1) is 15.2. The topological polar surface area (TPSA) is 145 Å². The van der Waals surface area contributed by atoms with Crippen molar-refractivity contribution in [3.8, 4) is 5.75 Å². The van der Waals surface area contributed by atoms with Crippen molar-refractivity contribution in [2.75, 3.05) is 25.0 Å². The van der Waals surface area contributed by atoms with Gasteiger partial charge in [-0.25, -0.2) is 13.6 Å². The number of rotatable bonds is 9. The van der Waals surface area contributed by atoms with Gasteiger partial charge in [-0.15, -0.1) is 0 Å². The van der Waals surface area contributed by atoms with Crippen LogP contribution in [0.5, 0.6) is 5.75 Å². The standard InChI is InChI=1S/C21H26N4O6S/c1-2-31-16-7-5-15(6-8-16)19-4-3-13-24(19)21(26)11-12-23-18-10-9-17(32(22,29)30)14-20(18)25(27)28/h5-10,14,19,23H,2-4,11-13H2,1H3,(H2,22,29,30). The molecule has 1 saturated heterocycles. The Labute approximate surface area is 186 Å². The largest absolute Gasteiger partial charge is 0.494 e. The molecule has 0 bridgehead atoms. The molecule has 2 aromatic rings. The van der Waals surface area contributed by atoms with Crippen LogP contribution in [0.4, 0.5) is 11.4 Å². The molecule has 1 aliphatic heterocycles. The lowest BCUT2D eigenvalue weighted by Gasteiger charge is -2.25. The highest BCUT2D eigenvalue weighted by molar-refractivity contribution is 7.89. The second kappa shape index (κ2) is 9.96. The molecule has 0 radical (unpaired) electrons. The van der Waals surface area contributed by atoms with Crippen LogP contribution < -0.4 is 15.2 Å². The van der Waals surface area contributed by atoms with Crippen LogP contribution in [0, 0.1) is 10.1 Å². The minimum Gasteiger partial charge on any atom is -0.494 e. The van der Waals surface area contributed by atoms with Gasteiger partial charge in [0, 0.05) is 25.6 Å². The number of hydrogen-bond donors (Lipinski definition) is 2. The van der Waals surface area contributed by atoms with Gasteiger partial charge in [-0.1, -0.05) is 12.1 Å². The fraction of sp³-hybridized carbons (Fsp3) is 0.381. The van der Waals surface area contributed by atoms with Gasteiger partial charge in [-0.2, -0.15) is 0 Å². The third kappa shape index (κ3) is 5.54. The average molecular weight is 463 g/mol. The Morgan fingerprint density at radius 1 is 1.28 bits per heavy atom. The van der Waals surface area contributed by atoms with Crippen LogP contribution in [-0.2, 0) is 14.8 Å². The maximum absolute atomic E-state index is 12.8. The number of sulfonamides is 1. The smallest absolute Gasteiger partial charge is 0.293 e. The number of nitrogens with two attached hydrogens (primary N) is 1. The minimum absolute atomic E-state index is 0.0124. The summed E-state index contributed by atoms with van der Waals surface area (Å²) < 4.78 is 28.4. The molecule has 1 atom stereocenters. The molecule has 2 aromatic carbocycles. The Morgan fingerprint density at radius 2 is 2.00 bits per heavy atom. The van der Waals surface area contributed by atoms with E-state index < -0.39 is 20.6 Å². The summed E-state index contributed by atoms with van der Waals surface area (Å²) in [5, 5.41) is 19.2. The van der Waals surface area contributed by atoms with E-state index >= 15 is 0 Å². The minimum atomic E-state index is -4.06. The molecule has 1 heterocycles. The Kier molecular flexibility index (Phi) is 7.31. The molecule has 1 unspecified atom stereocenters. The van der Waals surface area contributed by atoms with Crippen molar-refractivity contribution in [1.82, 2.24) is 4.90 Å². The van der Waals surface area contributed by atoms with Crippen molar-refractivity contribution in [3.05, 3.63) is 58.1 Å². The fourth-order valence-electron chi connectivity index (χ4n) is 3.80. The summed E-state index contributed by atoms with van der Waals surface area (Å²) in [4.78, 5) is 24.9. The molecule has 3 N–H and O–H groups in total. The van der Waals surface area contributed by atoms with Crippen LogP contribution >= 0.6 is 0 Å². The van der Waals surface area contributed by atoms with Crippen molar-refractivity contribution >= 4 is 27.3 Å². The lowest BCUT2D eigenvalue weighted by atomic mass is 10.0. The van der Waals surface area contributed by atoms with Crippen molar-refractivity contribution in [3.63, 3.8) is 0 Å². The van der Waals surface area contributed by atoms with E-state index in [4.69, 9.17) is 9.88 Å². The SMILES string of the molecule is CCOc1ccc(C2CCCN2C(=O)CCNc2ccc(S(N)(=O)=O)cc2[N+](=O)[O-])cc1. The number of nitrogens with one attached hydrogen (secondary N) is 1. The van der Waals surface area contributed by atoms with Gasteiger partial charge in [0.2, 0.25) is 15.9 Å². The van der Waals surface area contributed by atoms with Gasteiger partial charge in [0.15, 0.2) is 0 Å². The zero-order valence-corrected chi connectivity index (χ0v) is 18.5. The first kappa shape index (κ1) is 23.5. The van der Waals surface area contributed by atoms with E-state index in [9.17, 15) is 23.3 Å². The van der Waals surface area contributed by atoms with E-state index in [2.05, 4.69) is 5.32 Å². The number of nitro groups is 1. The number of amides is 1. The van der Waals surface area contributed by atoms with Gasteiger partial charge < -0.3 is 15.0 Å². The molecule has 10 nitrogen and oxygen atoms in total. The molecule has 32 heavy (non-hydrogen) atoms. The van der Waals surface area contributed by atoms with Gasteiger partial charge in [-0.3, -0.25) is 14.9 Å². The number of benzene rings is 2. The number of nitrogens with zero attached hydrogens (tertiary/aromatic N) is 2. The molecule has 1 aliphatic rings. The fourth-order valence-corrected chi connectivity index (χ4v) is 4.33. The Hall–Kier alpha value is -3.18. The molecule has 11 heteroatoms. The second-order valence-electron chi connectivity index (χ2n) is 7.41. The molecule has 3 rings (SSSR count). The van der Waals surface area contributed by atoms with Gasteiger partial charge >= 0.3 is 0 Å². The average Bonchev–Trinajstić information content (AvgIpc) is 3.24. The predicted octanol–water partition coefficient (Wildman–Crippen LogP) is 2.81. The summed E-state index contributed by atoms with van der Waals surface area (Å²) in [6.45, 7) is 3.33. The van der Waals surface area contributed by atoms with E-state index in [1.165, 1.54) is 12.1 Å². The van der Waals surface area contributed by atoms with Gasteiger partial charge in [-0.05, 0) is 49.6 Å². The third-order valence-electron chi connectivity index (χ3n) is 5.30. The summed E-state index contributed by atoms with van der Waals surface area (Å²) in [6, 6.07) is 11.1. The lowest BCUT2D eigenvalue weighted by Crippen LogP contribution is -2.31. The van der Waals surface area contributed by atoms with Gasteiger partial charge in [0.1, 0.15) is 11.4 Å². The Morgan fingerprint density at radius 3 is 2.62 bits per heavy atom. The van der Waals surface area contributed by atoms with Crippen LogP contribution in [-0.4, -0.2) is 43.8 Å². The van der Waals surface area contributed by atoms with E-state index in [0.29, 0.717) is 13.2 Å². The number of ether oxygens (including phenoxy) is 1. The molecular formula is C21H26N4O6S. The summed E-state index contributed by atoms with van der Waals surface area (Å²) in [6.07, 6.45) is 1.91. The number of anilines is 1. The van der Waals surface area contributed by atoms with Crippen molar-refractivity contribution in [2.24, 2.45) is 5.14 Å². The highest BCUT2D eigenvalue weighted by Crippen LogP contribution is 2.33. The first-order valence-electron chi connectivity index (χ1n) is 10.3. The number of hydrogen-bond acceptors (Lipinski definition) is 7. The zero-order chi connectivity index (χ0) is 23.3. The van der Waals surface area contributed by atoms with Crippen LogP contribution in [0.3, 0.4) is 0 Å². The van der Waals surface area contributed by atoms with E-state index in [1.54, 1.807) is 0 Å². The summed E-state index contributed by atoms with van der Waals surface area (Å²) in [7, 11) is -4.06. The molecular weight excluding hydrogens is 436 g/mol. The second-order valence-corrected chi connectivity index (χ2v) is 8.97. The molecule has 0 aliphatic carbocycles. The number of primary sulfonamides is 1.